The van der Waals surface area contributed by atoms with Gasteiger partial charge in [-0.3, -0.25) is 9.59 Å². The van der Waals surface area contributed by atoms with Gasteiger partial charge >= 0.3 is 6.18 Å². The van der Waals surface area contributed by atoms with Gasteiger partial charge in [-0.1, -0.05) is 6.42 Å². The first kappa shape index (κ1) is 17.0. The number of rotatable bonds is 2. The number of hydrogen-bond acceptors (Lipinski definition) is 3. The average Bonchev–Trinajstić information content (AvgIpc) is 2.48. The number of fused-ring (bicyclic) bond motifs is 2. The lowest BCUT2D eigenvalue weighted by molar-refractivity contribution is -0.137. The SMILES string of the molecule is NC1C2CCCC1CC(C(=O)Nc1cc(C(F)(F)F)c[nH]c1=O)C2. The van der Waals surface area contributed by atoms with Crippen LogP contribution in [0.5, 0.6) is 0 Å². The maximum absolute atomic E-state index is 12.7. The molecule has 3 rings (SSSR count). The highest BCUT2D eigenvalue weighted by molar-refractivity contribution is 5.92. The zero-order chi connectivity index (χ0) is 17.5. The van der Waals surface area contributed by atoms with Crippen LogP contribution in [-0.2, 0) is 11.0 Å². The first-order valence-electron chi connectivity index (χ1n) is 8.12. The molecule has 0 saturated heterocycles. The van der Waals surface area contributed by atoms with E-state index in [1.165, 1.54) is 0 Å². The van der Waals surface area contributed by atoms with Crippen molar-refractivity contribution in [2.24, 2.45) is 23.5 Å². The molecule has 1 heterocycles. The molecule has 8 heteroatoms. The van der Waals surface area contributed by atoms with Crippen molar-refractivity contribution in [3.63, 3.8) is 0 Å². The number of halogens is 3. The van der Waals surface area contributed by atoms with Crippen LogP contribution in [0.1, 0.15) is 37.7 Å². The number of carbonyl (C=O) groups is 1. The second kappa shape index (κ2) is 6.23. The second-order valence-corrected chi connectivity index (χ2v) is 6.81. The first-order chi connectivity index (χ1) is 11.3. The van der Waals surface area contributed by atoms with Gasteiger partial charge < -0.3 is 16.0 Å². The van der Waals surface area contributed by atoms with Crippen molar-refractivity contribution in [2.45, 2.75) is 44.3 Å². The average molecular weight is 343 g/mol. The highest BCUT2D eigenvalue weighted by Crippen LogP contribution is 2.42. The lowest BCUT2D eigenvalue weighted by Gasteiger charge is -2.43. The minimum absolute atomic E-state index is 0.0970. The second-order valence-electron chi connectivity index (χ2n) is 6.81. The summed E-state index contributed by atoms with van der Waals surface area (Å²) in [5.41, 5.74) is 4.07. The number of nitrogens with one attached hydrogen (secondary N) is 2. The molecule has 2 atom stereocenters. The van der Waals surface area contributed by atoms with Gasteiger partial charge in [0, 0.05) is 18.2 Å². The zero-order valence-electron chi connectivity index (χ0n) is 13.0. The van der Waals surface area contributed by atoms with Crippen LogP contribution in [0.3, 0.4) is 0 Å². The van der Waals surface area contributed by atoms with E-state index in [0.29, 0.717) is 25.1 Å². The summed E-state index contributed by atoms with van der Waals surface area (Å²) in [6, 6.07) is 0.770. The van der Waals surface area contributed by atoms with Crippen molar-refractivity contribution < 1.29 is 18.0 Å². The predicted molar refractivity (Wildman–Crippen MR) is 82.2 cm³/mol. The highest BCUT2D eigenvalue weighted by atomic mass is 19.4. The molecule has 1 amide bonds. The van der Waals surface area contributed by atoms with Crippen LogP contribution in [0, 0.1) is 17.8 Å². The Bertz CT molecular complexity index is 672. The molecule has 2 fully saturated rings. The molecule has 4 N–H and O–H groups in total. The van der Waals surface area contributed by atoms with E-state index < -0.39 is 23.2 Å². The van der Waals surface area contributed by atoms with Crippen molar-refractivity contribution in [3.05, 3.63) is 28.2 Å². The smallest absolute Gasteiger partial charge is 0.327 e. The summed E-state index contributed by atoms with van der Waals surface area (Å²) >= 11 is 0. The Hall–Kier alpha value is -1.83. The molecule has 24 heavy (non-hydrogen) atoms. The molecule has 2 aliphatic carbocycles. The molecule has 0 spiro atoms. The summed E-state index contributed by atoms with van der Waals surface area (Å²) < 4.78 is 38.2. The number of amides is 1. The van der Waals surface area contributed by atoms with Crippen LogP contribution in [0.25, 0.3) is 0 Å². The van der Waals surface area contributed by atoms with E-state index >= 15 is 0 Å². The van der Waals surface area contributed by atoms with Gasteiger partial charge in [0.2, 0.25) is 5.91 Å². The van der Waals surface area contributed by atoms with Crippen LogP contribution in [0.2, 0.25) is 0 Å². The lowest BCUT2D eigenvalue weighted by Crippen LogP contribution is -2.48. The van der Waals surface area contributed by atoms with Crippen LogP contribution >= 0.6 is 0 Å². The molecular weight excluding hydrogens is 323 g/mol. The first-order valence-corrected chi connectivity index (χ1v) is 8.12. The normalized spacial score (nSPS) is 30.0. The Kier molecular flexibility index (Phi) is 4.42. The minimum atomic E-state index is -4.59. The fraction of sp³-hybridized carbons (Fsp3) is 0.625. The largest absolute Gasteiger partial charge is 0.417 e. The van der Waals surface area contributed by atoms with E-state index in [0.717, 1.165) is 19.3 Å². The molecule has 132 valence electrons. The monoisotopic (exact) mass is 343 g/mol. The van der Waals surface area contributed by atoms with Gasteiger partial charge in [-0.15, -0.1) is 0 Å². The molecule has 2 bridgehead atoms. The third kappa shape index (κ3) is 3.33. The van der Waals surface area contributed by atoms with Gasteiger partial charge in [0.15, 0.2) is 0 Å². The Labute approximate surface area is 136 Å². The number of pyridine rings is 1. The third-order valence-corrected chi connectivity index (χ3v) is 5.27. The van der Waals surface area contributed by atoms with Gasteiger partial charge in [-0.2, -0.15) is 13.2 Å². The molecule has 0 aliphatic heterocycles. The quantitative estimate of drug-likeness (QED) is 0.771. The summed E-state index contributed by atoms with van der Waals surface area (Å²) in [5.74, 6) is -0.168. The predicted octanol–water partition coefficient (Wildman–Crippen LogP) is 2.49. The summed E-state index contributed by atoms with van der Waals surface area (Å²) in [6.07, 6.45) is 0.322. The summed E-state index contributed by atoms with van der Waals surface area (Å²) in [6.45, 7) is 0. The van der Waals surface area contributed by atoms with Crippen molar-refractivity contribution in [1.82, 2.24) is 4.98 Å². The summed E-state index contributed by atoms with van der Waals surface area (Å²) in [5, 5.41) is 2.37. The number of H-pyrrole nitrogens is 1. The highest BCUT2D eigenvalue weighted by Gasteiger charge is 2.40. The number of nitrogens with two attached hydrogens (primary N) is 1. The van der Waals surface area contributed by atoms with Crippen LogP contribution in [0.4, 0.5) is 18.9 Å². The minimum Gasteiger partial charge on any atom is -0.327 e. The number of aromatic nitrogens is 1. The number of hydrogen-bond donors (Lipinski definition) is 3. The van der Waals surface area contributed by atoms with E-state index in [1.54, 1.807) is 0 Å². The van der Waals surface area contributed by atoms with Crippen LogP contribution in [-0.4, -0.2) is 16.9 Å². The van der Waals surface area contributed by atoms with E-state index in [4.69, 9.17) is 5.73 Å². The fourth-order valence-corrected chi connectivity index (χ4v) is 3.98. The molecule has 2 saturated carbocycles. The van der Waals surface area contributed by atoms with E-state index in [1.807, 2.05) is 4.98 Å². The lowest BCUT2D eigenvalue weighted by atomic mass is 9.65. The van der Waals surface area contributed by atoms with Crippen LogP contribution in [0.15, 0.2) is 17.1 Å². The molecule has 5 nitrogen and oxygen atoms in total. The van der Waals surface area contributed by atoms with Gasteiger partial charge in [0.1, 0.15) is 5.69 Å². The number of alkyl halides is 3. The Morgan fingerprint density at radius 3 is 2.46 bits per heavy atom. The van der Waals surface area contributed by atoms with Crippen molar-refractivity contribution in [1.29, 1.82) is 0 Å². The molecule has 1 aromatic heterocycles. The topological polar surface area (TPSA) is 88.0 Å². The van der Waals surface area contributed by atoms with Gasteiger partial charge in [0.05, 0.1) is 5.56 Å². The third-order valence-electron chi connectivity index (χ3n) is 5.27. The molecule has 1 aromatic rings. The number of aromatic amines is 1. The molecular formula is C16H20F3N3O2. The fourth-order valence-electron chi connectivity index (χ4n) is 3.98. The molecule has 2 aliphatic rings. The van der Waals surface area contributed by atoms with Gasteiger partial charge in [-0.25, -0.2) is 0 Å². The number of anilines is 1. The Morgan fingerprint density at radius 1 is 1.25 bits per heavy atom. The van der Waals surface area contributed by atoms with E-state index in [-0.39, 0.29) is 29.5 Å². The molecule has 0 aromatic carbocycles. The van der Waals surface area contributed by atoms with Crippen molar-refractivity contribution >= 4 is 11.6 Å². The standard InChI is InChI=1S/C16H20F3N3O2/c17-16(18,19)11-6-12(15(24)21-7-11)22-14(23)10-4-8-2-1-3-9(5-10)13(8)20/h6-10,13H,1-5,20H2,(H,21,24)(H,22,23). The molecule has 0 radical (unpaired) electrons. The van der Waals surface area contributed by atoms with Crippen molar-refractivity contribution in [3.8, 4) is 0 Å². The maximum Gasteiger partial charge on any atom is 0.417 e. The summed E-state index contributed by atoms with van der Waals surface area (Å²) in [4.78, 5) is 26.2. The Balaban J connectivity index is 1.75. The van der Waals surface area contributed by atoms with Gasteiger partial charge in [-0.05, 0) is 43.6 Å². The Morgan fingerprint density at radius 2 is 1.88 bits per heavy atom. The van der Waals surface area contributed by atoms with Crippen molar-refractivity contribution in [2.75, 3.05) is 5.32 Å². The van der Waals surface area contributed by atoms with E-state index in [9.17, 15) is 22.8 Å². The summed E-state index contributed by atoms with van der Waals surface area (Å²) in [7, 11) is 0. The van der Waals surface area contributed by atoms with Crippen LogP contribution < -0.4 is 16.6 Å². The zero-order valence-corrected chi connectivity index (χ0v) is 13.0. The van der Waals surface area contributed by atoms with Gasteiger partial charge in [0.25, 0.3) is 5.56 Å². The number of carbonyl (C=O) groups excluding carboxylic acids is 1. The molecule has 2 unspecified atom stereocenters. The van der Waals surface area contributed by atoms with E-state index in [2.05, 4.69) is 5.32 Å². The maximum atomic E-state index is 12.7.